The lowest BCUT2D eigenvalue weighted by Gasteiger charge is -2.22. The summed E-state index contributed by atoms with van der Waals surface area (Å²) in [4.78, 5) is 9.66. The second-order valence-corrected chi connectivity index (χ2v) is 6.31. The first-order valence-corrected chi connectivity index (χ1v) is 8.16. The minimum atomic E-state index is -4.40. The van der Waals surface area contributed by atoms with Crippen molar-refractivity contribution in [1.29, 1.82) is 0 Å². The number of aromatic nitrogens is 1. The van der Waals surface area contributed by atoms with Crippen LogP contribution < -0.4 is 5.32 Å². The van der Waals surface area contributed by atoms with E-state index in [0.29, 0.717) is 17.5 Å². The SMILES string of the molecule is CN=C(NCc1nc(C(F)(F)F)cs1)N(C)Cc1ccc(C)cc1. The van der Waals surface area contributed by atoms with Gasteiger partial charge in [0.2, 0.25) is 0 Å². The fraction of sp³-hybridized carbons (Fsp3) is 0.375. The van der Waals surface area contributed by atoms with E-state index in [2.05, 4.69) is 15.3 Å². The lowest BCUT2D eigenvalue weighted by Crippen LogP contribution is -2.38. The van der Waals surface area contributed by atoms with E-state index in [1.54, 1.807) is 7.05 Å². The number of alkyl halides is 3. The van der Waals surface area contributed by atoms with Gasteiger partial charge in [0, 0.05) is 26.0 Å². The van der Waals surface area contributed by atoms with Gasteiger partial charge in [-0.15, -0.1) is 11.3 Å². The zero-order valence-electron chi connectivity index (χ0n) is 13.7. The van der Waals surface area contributed by atoms with Gasteiger partial charge in [-0.2, -0.15) is 13.2 Å². The number of nitrogens with zero attached hydrogens (tertiary/aromatic N) is 3. The van der Waals surface area contributed by atoms with Gasteiger partial charge in [-0.1, -0.05) is 29.8 Å². The van der Waals surface area contributed by atoms with Gasteiger partial charge in [0.25, 0.3) is 0 Å². The Morgan fingerprint density at radius 2 is 1.96 bits per heavy atom. The van der Waals surface area contributed by atoms with Crippen molar-refractivity contribution in [2.45, 2.75) is 26.2 Å². The number of rotatable bonds is 4. The molecule has 2 rings (SSSR count). The van der Waals surface area contributed by atoms with Crippen molar-refractivity contribution in [2.75, 3.05) is 14.1 Å². The molecule has 24 heavy (non-hydrogen) atoms. The Morgan fingerprint density at radius 3 is 2.50 bits per heavy atom. The van der Waals surface area contributed by atoms with Gasteiger partial charge in [-0.05, 0) is 12.5 Å². The number of aliphatic imine (C=N–C) groups is 1. The Kier molecular flexibility index (Phi) is 5.82. The van der Waals surface area contributed by atoms with Crippen LogP contribution in [-0.2, 0) is 19.3 Å². The summed E-state index contributed by atoms with van der Waals surface area (Å²) in [5.41, 5.74) is 1.46. The number of benzene rings is 1. The summed E-state index contributed by atoms with van der Waals surface area (Å²) >= 11 is 0.979. The number of hydrogen-bond acceptors (Lipinski definition) is 3. The fourth-order valence-corrected chi connectivity index (χ4v) is 2.84. The second-order valence-electron chi connectivity index (χ2n) is 5.37. The Hall–Kier alpha value is -2.09. The van der Waals surface area contributed by atoms with Gasteiger partial charge >= 0.3 is 6.18 Å². The summed E-state index contributed by atoms with van der Waals surface area (Å²) in [5, 5.41) is 4.43. The van der Waals surface area contributed by atoms with E-state index >= 15 is 0 Å². The van der Waals surface area contributed by atoms with Crippen molar-refractivity contribution in [1.82, 2.24) is 15.2 Å². The molecule has 0 saturated heterocycles. The molecule has 1 aromatic carbocycles. The first-order chi connectivity index (χ1) is 11.3. The number of nitrogens with one attached hydrogen (secondary N) is 1. The van der Waals surface area contributed by atoms with Crippen molar-refractivity contribution < 1.29 is 13.2 Å². The number of thiazole rings is 1. The highest BCUT2D eigenvalue weighted by molar-refractivity contribution is 7.09. The summed E-state index contributed by atoms with van der Waals surface area (Å²) in [5.74, 6) is 0.597. The number of halogens is 3. The predicted molar refractivity (Wildman–Crippen MR) is 90.0 cm³/mol. The van der Waals surface area contributed by atoms with E-state index in [1.807, 2.05) is 43.1 Å². The zero-order chi connectivity index (χ0) is 17.7. The highest BCUT2D eigenvalue weighted by Gasteiger charge is 2.33. The van der Waals surface area contributed by atoms with Crippen molar-refractivity contribution >= 4 is 17.3 Å². The molecule has 8 heteroatoms. The molecule has 0 atom stereocenters. The second kappa shape index (κ2) is 7.65. The van der Waals surface area contributed by atoms with E-state index in [0.717, 1.165) is 22.3 Å². The molecule has 0 radical (unpaired) electrons. The predicted octanol–water partition coefficient (Wildman–Crippen LogP) is 3.68. The Balaban J connectivity index is 1.94. The molecular weight excluding hydrogens is 337 g/mol. The number of guanidine groups is 1. The maximum atomic E-state index is 12.6. The van der Waals surface area contributed by atoms with Gasteiger partial charge in [-0.3, -0.25) is 4.99 Å². The van der Waals surface area contributed by atoms with Crippen LogP contribution in [0.2, 0.25) is 0 Å². The van der Waals surface area contributed by atoms with Gasteiger partial charge in [-0.25, -0.2) is 4.98 Å². The van der Waals surface area contributed by atoms with Crippen molar-refractivity contribution in [2.24, 2.45) is 4.99 Å². The minimum absolute atomic E-state index is 0.200. The van der Waals surface area contributed by atoms with E-state index in [9.17, 15) is 13.2 Å². The van der Waals surface area contributed by atoms with Crippen LogP contribution in [0.1, 0.15) is 21.8 Å². The van der Waals surface area contributed by atoms with Crippen LogP contribution in [0.3, 0.4) is 0 Å². The molecule has 0 saturated carbocycles. The smallest absolute Gasteiger partial charge is 0.350 e. The molecule has 0 bridgehead atoms. The van der Waals surface area contributed by atoms with Crippen LogP contribution >= 0.6 is 11.3 Å². The summed E-state index contributed by atoms with van der Waals surface area (Å²) < 4.78 is 37.7. The molecule has 0 aliphatic heterocycles. The molecular formula is C16H19F3N4S. The van der Waals surface area contributed by atoms with Gasteiger partial charge < -0.3 is 10.2 Å². The van der Waals surface area contributed by atoms with E-state index in [4.69, 9.17) is 0 Å². The van der Waals surface area contributed by atoms with Gasteiger partial charge in [0.05, 0.1) is 6.54 Å². The summed E-state index contributed by atoms with van der Waals surface area (Å²) in [6.07, 6.45) is -4.40. The van der Waals surface area contributed by atoms with Gasteiger partial charge in [0.15, 0.2) is 11.7 Å². The maximum absolute atomic E-state index is 12.6. The first-order valence-electron chi connectivity index (χ1n) is 7.28. The summed E-state index contributed by atoms with van der Waals surface area (Å²) in [6, 6.07) is 8.15. The number of aryl methyl sites for hydroxylation is 1. The molecule has 0 aliphatic rings. The van der Waals surface area contributed by atoms with Crippen LogP contribution in [0.25, 0.3) is 0 Å². The quantitative estimate of drug-likeness (QED) is 0.671. The lowest BCUT2D eigenvalue weighted by atomic mass is 10.1. The third-order valence-electron chi connectivity index (χ3n) is 3.35. The molecule has 1 heterocycles. The van der Waals surface area contributed by atoms with Crippen LogP contribution in [0.4, 0.5) is 13.2 Å². The van der Waals surface area contributed by atoms with E-state index < -0.39 is 11.9 Å². The molecule has 130 valence electrons. The third-order valence-corrected chi connectivity index (χ3v) is 4.20. The Bertz CT molecular complexity index is 692. The molecule has 0 spiro atoms. The van der Waals surface area contributed by atoms with Gasteiger partial charge in [0.1, 0.15) is 5.01 Å². The molecule has 1 N–H and O–H groups in total. The highest BCUT2D eigenvalue weighted by Crippen LogP contribution is 2.29. The van der Waals surface area contributed by atoms with E-state index in [-0.39, 0.29) is 6.54 Å². The molecule has 4 nitrogen and oxygen atoms in total. The summed E-state index contributed by atoms with van der Waals surface area (Å²) in [7, 11) is 3.51. The topological polar surface area (TPSA) is 40.5 Å². The minimum Gasteiger partial charge on any atom is -0.350 e. The standard InChI is InChI=1S/C16H19F3N4S/c1-11-4-6-12(7-5-11)9-23(3)15(20-2)21-8-14-22-13(10-24-14)16(17,18)19/h4-7,10H,8-9H2,1-3H3,(H,20,21). The first kappa shape index (κ1) is 18.3. The zero-order valence-corrected chi connectivity index (χ0v) is 14.5. The van der Waals surface area contributed by atoms with Crippen LogP contribution in [0.15, 0.2) is 34.6 Å². The fourth-order valence-electron chi connectivity index (χ4n) is 2.10. The molecule has 1 aromatic heterocycles. The summed E-state index contributed by atoms with van der Waals surface area (Å²) in [6.45, 7) is 2.87. The molecule has 0 fully saturated rings. The average molecular weight is 356 g/mol. The van der Waals surface area contributed by atoms with Crippen molar-refractivity contribution in [3.05, 3.63) is 51.5 Å². The largest absolute Gasteiger partial charge is 0.434 e. The highest BCUT2D eigenvalue weighted by atomic mass is 32.1. The average Bonchev–Trinajstić information content (AvgIpc) is 2.99. The monoisotopic (exact) mass is 356 g/mol. The van der Waals surface area contributed by atoms with Crippen molar-refractivity contribution in [3.63, 3.8) is 0 Å². The van der Waals surface area contributed by atoms with Crippen LogP contribution in [0.5, 0.6) is 0 Å². The van der Waals surface area contributed by atoms with Crippen molar-refractivity contribution in [3.8, 4) is 0 Å². The normalized spacial score (nSPS) is 12.3. The third kappa shape index (κ3) is 4.95. The maximum Gasteiger partial charge on any atom is 0.434 e. The lowest BCUT2D eigenvalue weighted by molar-refractivity contribution is -0.140. The van der Waals surface area contributed by atoms with Crippen LogP contribution in [-0.4, -0.2) is 29.9 Å². The number of hydrogen-bond donors (Lipinski definition) is 1. The van der Waals surface area contributed by atoms with Crippen LogP contribution in [0, 0.1) is 6.92 Å². The Labute approximate surface area is 143 Å². The molecule has 0 amide bonds. The van der Waals surface area contributed by atoms with E-state index in [1.165, 1.54) is 5.56 Å². The molecule has 0 unspecified atom stereocenters. The molecule has 0 aliphatic carbocycles. The Morgan fingerprint density at radius 1 is 1.29 bits per heavy atom. The molecule has 2 aromatic rings.